The topological polar surface area (TPSA) is 65.7 Å². The molecule has 1 aromatic carbocycles. The highest BCUT2D eigenvalue weighted by atomic mass is 16.3. The van der Waals surface area contributed by atoms with Crippen LogP contribution in [-0.4, -0.2) is 43.7 Å². The number of anilines is 1. The van der Waals surface area contributed by atoms with E-state index < -0.39 is 0 Å². The number of guanidine groups is 1. The van der Waals surface area contributed by atoms with Gasteiger partial charge in [0.1, 0.15) is 5.76 Å². The number of pyridine rings is 1. The summed E-state index contributed by atoms with van der Waals surface area (Å²) in [6.45, 7) is 4.66. The van der Waals surface area contributed by atoms with Crippen LogP contribution in [0.4, 0.5) is 5.69 Å². The summed E-state index contributed by atoms with van der Waals surface area (Å²) in [5.74, 6) is 2.50. The minimum Gasteiger partial charge on any atom is -0.469 e. The number of hydrogen-bond donors (Lipinski definition) is 2. The zero-order valence-electron chi connectivity index (χ0n) is 18.6. The standard InChI is InChI=1S/C26H33N5O/c1-2-5-22(6-3-1)8-16-28-26(29-17-11-25-7-4-20-32-25)30-21-23-12-18-31(19-13-23)24-9-14-27-15-10-24/h1-7,9-10,14-15,20,23H,8,11-13,16-19,21H2,(H2,28,29,30). The molecule has 2 aromatic heterocycles. The van der Waals surface area contributed by atoms with Crippen LogP contribution in [0.1, 0.15) is 24.2 Å². The first kappa shape index (κ1) is 21.9. The van der Waals surface area contributed by atoms with Crippen LogP contribution in [0, 0.1) is 5.92 Å². The minimum atomic E-state index is 0.617. The normalized spacial score (nSPS) is 15.0. The van der Waals surface area contributed by atoms with E-state index in [0.29, 0.717) is 5.92 Å². The molecule has 1 saturated heterocycles. The molecule has 1 fully saturated rings. The van der Waals surface area contributed by atoms with E-state index in [1.165, 1.54) is 11.3 Å². The van der Waals surface area contributed by atoms with E-state index in [9.17, 15) is 0 Å². The predicted molar refractivity (Wildman–Crippen MR) is 130 cm³/mol. The predicted octanol–water partition coefficient (Wildman–Crippen LogP) is 3.91. The Kier molecular flexibility index (Phi) is 8.18. The molecular formula is C26H33N5O. The third-order valence-electron chi connectivity index (χ3n) is 5.94. The number of aromatic nitrogens is 1. The minimum absolute atomic E-state index is 0.617. The summed E-state index contributed by atoms with van der Waals surface area (Å²) in [6.07, 6.45) is 9.60. The number of rotatable bonds is 9. The molecule has 1 aliphatic rings. The fourth-order valence-electron chi connectivity index (χ4n) is 4.05. The van der Waals surface area contributed by atoms with Crippen molar-refractivity contribution in [3.63, 3.8) is 0 Å². The van der Waals surface area contributed by atoms with Gasteiger partial charge in [0.25, 0.3) is 0 Å². The maximum absolute atomic E-state index is 5.45. The zero-order chi connectivity index (χ0) is 21.8. The fraction of sp³-hybridized carbons (Fsp3) is 0.385. The number of piperidine rings is 1. The van der Waals surface area contributed by atoms with Crippen molar-refractivity contribution in [2.24, 2.45) is 10.9 Å². The van der Waals surface area contributed by atoms with E-state index in [4.69, 9.17) is 9.41 Å². The lowest BCUT2D eigenvalue weighted by Crippen LogP contribution is -2.40. The van der Waals surface area contributed by atoms with Crippen molar-refractivity contribution >= 4 is 11.6 Å². The number of nitrogens with zero attached hydrogens (tertiary/aromatic N) is 3. The third-order valence-corrected chi connectivity index (χ3v) is 5.94. The molecule has 0 atom stereocenters. The Morgan fingerprint density at radius 1 is 0.938 bits per heavy atom. The Bertz CT molecular complexity index is 919. The van der Waals surface area contributed by atoms with E-state index in [-0.39, 0.29) is 0 Å². The average molecular weight is 432 g/mol. The summed E-state index contributed by atoms with van der Waals surface area (Å²) < 4.78 is 5.45. The number of benzene rings is 1. The van der Waals surface area contributed by atoms with Crippen LogP contribution in [0.2, 0.25) is 0 Å². The molecule has 1 aliphatic heterocycles. The van der Waals surface area contributed by atoms with Gasteiger partial charge in [-0.25, -0.2) is 0 Å². The number of nitrogens with one attached hydrogen (secondary N) is 2. The monoisotopic (exact) mass is 431 g/mol. The molecule has 0 unspecified atom stereocenters. The van der Waals surface area contributed by atoms with Gasteiger partial charge in [0.05, 0.1) is 6.26 Å². The van der Waals surface area contributed by atoms with Gasteiger partial charge in [0.15, 0.2) is 5.96 Å². The van der Waals surface area contributed by atoms with Crippen molar-refractivity contribution in [1.82, 2.24) is 15.6 Å². The summed E-state index contributed by atoms with van der Waals surface area (Å²) in [7, 11) is 0. The quantitative estimate of drug-likeness (QED) is 0.397. The maximum Gasteiger partial charge on any atom is 0.191 e. The van der Waals surface area contributed by atoms with Gasteiger partial charge in [-0.05, 0) is 55.0 Å². The maximum atomic E-state index is 5.45. The Hall–Kier alpha value is -3.28. The van der Waals surface area contributed by atoms with E-state index in [1.54, 1.807) is 6.26 Å². The van der Waals surface area contributed by atoms with Crippen molar-refractivity contribution in [2.45, 2.75) is 25.7 Å². The van der Waals surface area contributed by atoms with Gasteiger partial charge in [-0.15, -0.1) is 0 Å². The van der Waals surface area contributed by atoms with Gasteiger partial charge in [-0.3, -0.25) is 9.98 Å². The summed E-state index contributed by atoms with van der Waals surface area (Å²) in [6, 6.07) is 18.7. The first-order valence-electron chi connectivity index (χ1n) is 11.6. The molecule has 0 bridgehead atoms. The molecule has 6 nitrogen and oxygen atoms in total. The smallest absolute Gasteiger partial charge is 0.191 e. The second-order valence-corrected chi connectivity index (χ2v) is 8.24. The van der Waals surface area contributed by atoms with Crippen LogP contribution in [0.25, 0.3) is 0 Å². The van der Waals surface area contributed by atoms with Crippen LogP contribution in [0.5, 0.6) is 0 Å². The molecule has 3 aromatic rings. The van der Waals surface area contributed by atoms with E-state index in [0.717, 1.165) is 70.1 Å². The molecule has 3 heterocycles. The fourth-order valence-corrected chi connectivity index (χ4v) is 4.05. The lowest BCUT2D eigenvalue weighted by Gasteiger charge is -2.33. The van der Waals surface area contributed by atoms with Gasteiger partial charge >= 0.3 is 0 Å². The molecule has 0 amide bonds. The Labute approximate surface area is 190 Å². The molecular weight excluding hydrogens is 398 g/mol. The highest BCUT2D eigenvalue weighted by Crippen LogP contribution is 2.22. The zero-order valence-corrected chi connectivity index (χ0v) is 18.6. The second-order valence-electron chi connectivity index (χ2n) is 8.24. The van der Waals surface area contributed by atoms with Crippen molar-refractivity contribution in [3.05, 3.63) is 84.6 Å². The third kappa shape index (κ3) is 6.87. The summed E-state index contributed by atoms with van der Waals surface area (Å²) in [5.41, 5.74) is 2.60. The molecule has 32 heavy (non-hydrogen) atoms. The largest absolute Gasteiger partial charge is 0.469 e. The number of aliphatic imine (C=N–C) groups is 1. The van der Waals surface area contributed by atoms with Gasteiger partial charge in [-0.2, -0.15) is 0 Å². The second kappa shape index (κ2) is 11.9. The van der Waals surface area contributed by atoms with E-state index in [2.05, 4.69) is 63.0 Å². The molecule has 0 aliphatic carbocycles. The van der Waals surface area contributed by atoms with Crippen molar-refractivity contribution in [2.75, 3.05) is 37.6 Å². The molecule has 0 saturated carbocycles. The molecule has 2 N–H and O–H groups in total. The van der Waals surface area contributed by atoms with Crippen LogP contribution in [0.3, 0.4) is 0 Å². The summed E-state index contributed by atoms with van der Waals surface area (Å²) in [5, 5.41) is 6.99. The Morgan fingerprint density at radius 2 is 1.69 bits per heavy atom. The summed E-state index contributed by atoms with van der Waals surface area (Å²) in [4.78, 5) is 11.5. The molecule has 4 rings (SSSR count). The first-order valence-corrected chi connectivity index (χ1v) is 11.6. The van der Waals surface area contributed by atoms with Crippen LogP contribution < -0.4 is 15.5 Å². The highest BCUT2D eigenvalue weighted by molar-refractivity contribution is 5.79. The molecule has 168 valence electrons. The number of hydrogen-bond acceptors (Lipinski definition) is 4. The van der Waals surface area contributed by atoms with E-state index in [1.807, 2.05) is 24.5 Å². The number of furan rings is 1. The highest BCUT2D eigenvalue weighted by Gasteiger charge is 2.19. The Balaban J connectivity index is 1.26. The Morgan fingerprint density at radius 3 is 2.41 bits per heavy atom. The molecule has 0 spiro atoms. The lowest BCUT2D eigenvalue weighted by atomic mass is 9.97. The average Bonchev–Trinajstić information content (AvgIpc) is 3.37. The van der Waals surface area contributed by atoms with Gasteiger partial charge in [0.2, 0.25) is 0 Å². The first-order chi connectivity index (χ1) is 15.9. The van der Waals surface area contributed by atoms with E-state index >= 15 is 0 Å². The van der Waals surface area contributed by atoms with Crippen molar-refractivity contribution in [3.8, 4) is 0 Å². The van der Waals surface area contributed by atoms with Gasteiger partial charge in [0, 0.05) is 57.2 Å². The van der Waals surface area contributed by atoms with Gasteiger partial charge < -0.3 is 20.0 Å². The van der Waals surface area contributed by atoms with Crippen molar-refractivity contribution in [1.29, 1.82) is 0 Å². The molecule has 6 heteroatoms. The van der Waals surface area contributed by atoms with Crippen LogP contribution in [0.15, 0.2) is 82.7 Å². The lowest BCUT2D eigenvalue weighted by molar-refractivity contribution is 0.414. The molecule has 0 radical (unpaired) electrons. The van der Waals surface area contributed by atoms with Crippen LogP contribution in [-0.2, 0) is 12.8 Å². The van der Waals surface area contributed by atoms with Crippen molar-refractivity contribution < 1.29 is 4.42 Å². The SMILES string of the molecule is c1ccc(CCNC(=NCC2CCN(c3ccncc3)CC2)NCCc2ccco2)cc1. The summed E-state index contributed by atoms with van der Waals surface area (Å²) >= 11 is 0. The van der Waals surface area contributed by atoms with Gasteiger partial charge in [-0.1, -0.05) is 30.3 Å². The van der Waals surface area contributed by atoms with Crippen LogP contribution >= 0.6 is 0 Å².